The fourth-order valence-corrected chi connectivity index (χ4v) is 2.89. The lowest BCUT2D eigenvalue weighted by atomic mass is 9.96. The third-order valence-electron chi connectivity index (χ3n) is 4.24. The number of carbonyl (C=O) groups excluding carboxylic acids is 1. The van der Waals surface area contributed by atoms with E-state index in [2.05, 4.69) is 37.8 Å². The number of ketones is 1. The molecule has 1 aliphatic heterocycles. The van der Waals surface area contributed by atoms with E-state index in [9.17, 15) is 4.79 Å². The van der Waals surface area contributed by atoms with E-state index in [0.717, 1.165) is 31.5 Å². The number of hydrogen-bond acceptors (Lipinski definition) is 2. The van der Waals surface area contributed by atoms with Crippen molar-refractivity contribution in [1.82, 2.24) is 4.90 Å². The second-order valence-corrected chi connectivity index (χ2v) is 5.71. The molecule has 0 spiro atoms. The van der Waals surface area contributed by atoms with Crippen LogP contribution in [0.15, 0.2) is 18.2 Å². The van der Waals surface area contributed by atoms with E-state index >= 15 is 0 Å². The lowest BCUT2D eigenvalue weighted by molar-refractivity contribution is 0.0837. The van der Waals surface area contributed by atoms with Crippen molar-refractivity contribution in [1.29, 1.82) is 0 Å². The highest BCUT2D eigenvalue weighted by atomic mass is 16.1. The van der Waals surface area contributed by atoms with Gasteiger partial charge in [0, 0.05) is 5.56 Å². The first-order valence-electron chi connectivity index (χ1n) is 7.49. The van der Waals surface area contributed by atoms with Crippen molar-refractivity contribution in [2.24, 2.45) is 0 Å². The molecular formula is C17H25NO. The molecule has 2 heteroatoms. The summed E-state index contributed by atoms with van der Waals surface area (Å²) in [6.45, 7) is 8.50. The zero-order chi connectivity index (χ0) is 13.8. The van der Waals surface area contributed by atoms with Gasteiger partial charge in [-0.1, -0.05) is 25.5 Å². The molecule has 1 saturated heterocycles. The van der Waals surface area contributed by atoms with Gasteiger partial charge in [0.05, 0.1) is 6.04 Å². The summed E-state index contributed by atoms with van der Waals surface area (Å²) in [4.78, 5) is 15.1. The molecule has 0 unspecified atom stereocenters. The Kier molecular flexibility index (Phi) is 4.76. The third kappa shape index (κ3) is 3.24. The topological polar surface area (TPSA) is 20.3 Å². The van der Waals surface area contributed by atoms with E-state index < -0.39 is 0 Å². The van der Waals surface area contributed by atoms with Crippen LogP contribution in [0.1, 0.15) is 54.1 Å². The average Bonchev–Trinajstić information content (AvgIpc) is 2.92. The predicted molar refractivity (Wildman–Crippen MR) is 79.7 cm³/mol. The summed E-state index contributed by atoms with van der Waals surface area (Å²) in [6.07, 6.45) is 4.52. The maximum absolute atomic E-state index is 12.7. The van der Waals surface area contributed by atoms with Crippen LogP contribution in [0, 0.1) is 13.8 Å². The molecule has 0 N–H and O–H groups in total. The van der Waals surface area contributed by atoms with Crippen LogP contribution in [0.2, 0.25) is 0 Å². The molecule has 0 amide bonds. The maximum atomic E-state index is 12.7. The highest BCUT2D eigenvalue weighted by Gasteiger charge is 2.28. The van der Waals surface area contributed by atoms with Crippen molar-refractivity contribution in [3.05, 3.63) is 34.9 Å². The molecule has 1 heterocycles. The minimum atomic E-state index is 0.0922. The summed E-state index contributed by atoms with van der Waals surface area (Å²) in [5.41, 5.74) is 3.35. The Balaban J connectivity index is 2.20. The summed E-state index contributed by atoms with van der Waals surface area (Å²) in [7, 11) is 0. The summed E-state index contributed by atoms with van der Waals surface area (Å²) >= 11 is 0. The van der Waals surface area contributed by atoms with Crippen LogP contribution < -0.4 is 0 Å². The van der Waals surface area contributed by atoms with Gasteiger partial charge in [-0.05, 0) is 63.4 Å². The first-order chi connectivity index (χ1) is 9.13. The number of aryl methyl sites for hydroxylation is 2. The standard InChI is InChI=1S/C17H25NO/c1-4-7-16(18-10-5-6-11-18)17(19)15-9-8-13(2)14(3)12-15/h8-9,12,16H,4-7,10-11H2,1-3H3/t16-/m1/s1. The van der Waals surface area contributed by atoms with E-state index in [1.807, 2.05) is 6.07 Å². The van der Waals surface area contributed by atoms with Gasteiger partial charge in [0.15, 0.2) is 5.78 Å². The number of nitrogens with zero attached hydrogens (tertiary/aromatic N) is 1. The second kappa shape index (κ2) is 6.33. The highest BCUT2D eigenvalue weighted by Crippen LogP contribution is 2.20. The summed E-state index contributed by atoms with van der Waals surface area (Å²) in [5, 5.41) is 0. The van der Waals surface area contributed by atoms with Gasteiger partial charge in [0.1, 0.15) is 0 Å². The number of likely N-dealkylation sites (tertiary alicyclic amines) is 1. The van der Waals surface area contributed by atoms with E-state index in [1.54, 1.807) is 0 Å². The monoisotopic (exact) mass is 259 g/mol. The van der Waals surface area contributed by atoms with Gasteiger partial charge < -0.3 is 0 Å². The number of benzene rings is 1. The molecule has 1 aromatic rings. The second-order valence-electron chi connectivity index (χ2n) is 5.71. The lowest BCUT2D eigenvalue weighted by Gasteiger charge is -2.26. The minimum absolute atomic E-state index is 0.0922. The fraction of sp³-hybridized carbons (Fsp3) is 0.588. The Labute approximate surface area is 116 Å². The SMILES string of the molecule is CCC[C@H](C(=O)c1ccc(C)c(C)c1)N1CCCC1. The van der Waals surface area contributed by atoms with E-state index in [-0.39, 0.29) is 6.04 Å². The Morgan fingerprint density at radius 3 is 2.47 bits per heavy atom. The van der Waals surface area contributed by atoms with Crippen molar-refractivity contribution in [2.45, 2.75) is 52.5 Å². The normalized spacial score (nSPS) is 17.6. The van der Waals surface area contributed by atoms with Crippen LogP contribution in [0.4, 0.5) is 0 Å². The van der Waals surface area contributed by atoms with Crippen LogP contribution in [-0.2, 0) is 0 Å². The Hall–Kier alpha value is -1.15. The Morgan fingerprint density at radius 1 is 1.21 bits per heavy atom. The molecule has 2 rings (SSSR count). The minimum Gasteiger partial charge on any atom is -0.293 e. The first kappa shape index (κ1) is 14.3. The number of hydrogen-bond donors (Lipinski definition) is 0. The van der Waals surface area contributed by atoms with Crippen molar-refractivity contribution >= 4 is 5.78 Å². The van der Waals surface area contributed by atoms with Crippen LogP contribution in [0.5, 0.6) is 0 Å². The molecule has 0 aliphatic carbocycles. The molecule has 1 atom stereocenters. The molecule has 104 valence electrons. The molecule has 19 heavy (non-hydrogen) atoms. The lowest BCUT2D eigenvalue weighted by Crippen LogP contribution is -2.39. The summed E-state index contributed by atoms with van der Waals surface area (Å²) in [6, 6.07) is 6.20. The van der Waals surface area contributed by atoms with Gasteiger partial charge in [-0.3, -0.25) is 9.69 Å². The van der Waals surface area contributed by atoms with Crippen LogP contribution >= 0.6 is 0 Å². The number of Topliss-reactive ketones (excluding diaryl/α,β-unsaturated/α-hetero) is 1. The molecule has 1 aliphatic rings. The molecular weight excluding hydrogens is 234 g/mol. The van der Waals surface area contributed by atoms with Gasteiger partial charge in [0.25, 0.3) is 0 Å². The molecule has 1 aromatic carbocycles. The Bertz CT molecular complexity index is 447. The van der Waals surface area contributed by atoms with Gasteiger partial charge in [-0.25, -0.2) is 0 Å². The predicted octanol–water partition coefficient (Wildman–Crippen LogP) is 3.75. The zero-order valence-corrected chi connectivity index (χ0v) is 12.4. The van der Waals surface area contributed by atoms with Crippen molar-refractivity contribution in [3.8, 4) is 0 Å². The van der Waals surface area contributed by atoms with Crippen LogP contribution in [0.25, 0.3) is 0 Å². The van der Waals surface area contributed by atoms with Crippen LogP contribution in [0.3, 0.4) is 0 Å². The third-order valence-corrected chi connectivity index (χ3v) is 4.24. The smallest absolute Gasteiger partial charge is 0.179 e. The largest absolute Gasteiger partial charge is 0.293 e. The molecule has 0 radical (unpaired) electrons. The number of rotatable bonds is 5. The summed E-state index contributed by atoms with van der Waals surface area (Å²) in [5.74, 6) is 0.312. The van der Waals surface area contributed by atoms with Gasteiger partial charge in [-0.2, -0.15) is 0 Å². The quantitative estimate of drug-likeness (QED) is 0.751. The molecule has 2 nitrogen and oxygen atoms in total. The first-order valence-corrected chi connectivity index (χ1v) is 7.49. The van der Waals surface area contributed by atoms with Gasteiger partial charge >= 0.3 is 0 Å². The van der Waals surface area contributed by atoms with E-state index in [1.165, 1.54) is 24.0 Å². The van der Waals surface area contributed by atoms with Gasteiger partial charge in [-0.15, -0.1) is 0 Å². The Morgan fingerprint density at radius 2 is 1.89 bits per heavy atom. The summed E-state index contributed by atoms with van der Waals surface area (Å²) < 4.78 is 0. The highest BCUT2D eigenvalue weighted by molar-refractivity contribution is 6.00. The average molecular weight is 259 g/mol. The molecule has 0 saturated carbocycles. The van der Waals surface area contributed by atoms with Crippen molar-refractivity contribution in [2.75, 3.05) is 13.1 Å². The maximum Gasteiger partial charge on any atom is 0.179 e. The van der Waals surface area contributed by atoms with Crippen molar-refractivity contribution in [3.63, 3.8) is 0 Å². The molecule has 1 fully saturated rings. The number of carbonyl (C=O) groups is 1. The molecule has 0 bridgehead atoms. The van der Waals surface area contributed by atoms with Gasteiger partial charge in [0.2, 0.25) is 0 Å². The molecule has 0 aromatic heterocycles. The fourth-order valence-electron chi connectivity index (χ4n) is 2.89. The van der Waals surface area contributed by atoms with E-state index in [4.69, 9.17) is 0 Å². The zero-order valence-electron chi connectivity index (χ0n) is 12.4. The van der Waals surface area contributed by atoms with Crippen LogP contribution in [-0.4, -0.2) is 29.8 Å². The van der Waals surface area contributed by atoms with Crippen molar-refractivity contribution < 1.29 is 4.79 Å². The van der Waals surface area contributed by atoms with E-state index in [0.29, 0.717) is 5.78 Å².